The molecule has 1 fully saturated rings. The summed E-state index contributed by atoms with van der Waals surface area (Å²) in [6.07, 6.45) is 2.45. The zero-order valence-corrected chi connectivity index (χ0v) is 14.7. The molecular weight excluding hydrogens is 388 g/mol. The standard InChI is InChI=1S/C15H15BrN8O/c16-10-2-1-3-11(6-10)24-8-12(19-22-24)14(25)23-5-4-9(7-23)13-18-15(17)21-20-13/h1-3,6,8-9H,4-5,7H2,(H3,17,18,20,21). The molecule has 1 aliphatic heterocycles. The Morgan fingerprint density at radius 1 is 1.40 bits per heavy atom. The number of nitrogens with two attached hydrogens (primary N) is 1. The number of H-pyrrole nitrogens is 1. The Kier molecular flexibility index (Phi) is 3.96. The summed E-state index contributed by atoms with van der Waals surface area (Å²) in [4.78, 5) is 18.6. The molecule has 2 aromatic heterocycles. The van der Waals surface area contributed by atoms with E-state index >= 15 is 0 Å². The van der Waals surface area contributed by atoms with Gasteiger partial charge in [0.2, 0.25) is 5.95 Å². The first-order valence-electron chi connectivity index (χ1n) is 7.75. The van der Waals surface area contributed by atoms with Gasteiger partial charge in [0.25, 0.3) is 5.91 Å². The van der Waals surface area contributed by atoms with Gasteiger partial charge in [-0.3, -0.25) is 9.89 Å². The highest BCUT2D eigenvalue weighted by Crippen LogP contribution is 2.26. The number of nitrogens with zero attached hydrogens (tertiary/aromatic N) is 6. The number of likely N-dealkylation sites (tertiary alicyclic amines) is 1. The number of halogens is 1. The number of carbonyl (C=O) groups excluding carboxylic acids is 1. The normalized spacial score (nSPS) is 17.2. The van der Waals surface area contributed by atoms with E-state index in [0.717, 1.165) is 16.6 Å². The molecule has 10 heteroatoms. The van der Waals surface area contributed by atoms with E-state index in [9.17, 15) is 4.79 Å². The number of aromatic amines is 1. The van der Waals surface area contributed by atoms with Crippen LogP contribution in [-0.4, -0.2) is 54.1 Å². The van der Waals surface area contributed by atoms with Crippen LogP contribution in [0.3, 0.4) is 0 Å². The molecule has 0 aliphatic carbocycles. The van der Waals surface area contributed by atoms with Gasteiger partial charge in [0.15, 0.2) is 5.69 Å². The molecule has 25 heavy (non-hydrogen) atoms. The molecule has 3 aromatic rings. The van der Waals surface area contributed by atoms with E-state index in [1.807, 2.05) is 24.3 Å². The maximum Gasteiger partial charge on any atom is 0.276 e. The third-order valence-corrected chi connectivity index (χ3v) is 4.66. The SMILES string of the molecule is Nc1n[nH]c(C2CCN(C(=O)c3cn(-c4cccc(Br)c4)nn3)C2)n1. The molecule has 4 rings (SSSR count). The molecule has 128 valence electrons. The van der Waals surface area contributed by atoms with E-state index in [0.29, 0.717) is 24.6 Å². The van der Waals surface area contributed by atoms with Crippen molar-refractivity contribution in [3.63, 3.8) is 0 Å². The van der Waals surface area contributed by atoms with Crippen LogP contribution in [0.4, 0.5) is 5.95 Å². The largest absolute Gasteiger partial charge is 0.367 e. The molecule has 3 heterocycles. The first-order chi connectivity index (χ1) is 12.1. The van der Waals surface area contributed by atoms with Crippen molar-refractivity contribution in [2.45, 2.75) is 12.3 Å². The molecule has 3 N–H and O–H groups in total. The van der Waals surface area contributed by atoms with Crippen LogP contribution >= 0.6 is 15.9 Å². The smallest absolute Gasteiger partial charge is 0.276 e. The van der Waals surface area contributed by atoms with Crippen LogP contribution in [0.2, 0.25) is 0 Å². The van der Waals surface area contributed by atoms with Crippen molar-refractivity contribution in [2.75, 3.05) is 18.8 Å². The quantitative estimate of drug-likeness (QED) is 0.682. The van der Waals surface area contributed by atoms with Crippen molar-refractivity contribution in [1.82, 2.24) is 35.1 Å². The molecule has 1 saturated heterocycles. The number of aromatic nitrogens is 6. The summed E-state index contributed by atoms with van der Waals surface area (Å²) in [5, 5.41) is 14.7. The minimum absolute atomic E-state index is 0.105. The van der Waals surface area contributed by atoms with Crippen molar-refractivity contribution < 1.29 is 4.79 Å². The van der Waals surface area contributed by atoms with E-state index in [2.05, 4.69) is 41.4 Å². The Morgan fingerprint density at radius 2 is 2.28 bits per heavy atom. The second-order valence-corrected chi connectivity index (χ2v) is 6.76. The number of anilines is 1. The third-order valence-electron chi connectivity index (χ3n) is 4.17. The number of rotatable bonds is 3. The highest BCUT2D eigenvalue weighted by molar-refractivity contribution is 9.10. The minimum atomic E-state index is -0.142. The molecular formula is C15H15BrN8O. The van der Waals surface area contributed by atoms with Crippen molar-refractivity contribution in [3.8, 4) is 5.69 Å². The zero-order valence-electron chi connectivity index (χ0n) is 13.1. The number of hydrogen-bond acceptors (Lipinski definition) is 6. The Hall–Kier alpha value is -2.75. The predicted molar refractivity (Wildman–Crippen MR) is 93.1 cm³/mol. The number of benzene rings is 1. The van der Waals surface area contributed by atoms with Crippen LogP contribution in [0.5, 0.6) is 0 Å². The number of carbonyl (C=O) groups is 1. The van der Waals surface area contributed by atoms with Crippen LogP contribution in [0.1, 0.15) is 28.7 Å². The summed E-state index contributed by atoms with van der Waals surface area (Å²) in [6.45, 7) is 1.19. The number of amides is 1. The Labute approximate surface area is 151 Å². The average molecular weight is 403 g/mol. The van der Waals surface area contributed by atoms with E-state index < -0.39 is 0 Å². The van der Waals surface area contributed by atoms with E-state index in [1.54, 1.807) is 15.8 Å². The fourth-order valence-electron chi connectivity index (χ4n) is 2.91. The van der Waals surface area contributed by atoms with Gasteiger partial charge < -0.3 is 10.6 Å². The van der Waals surface area contributed by atoms with Gasteiger partial charge in [0.05, 0.1) is 11.9 Å². The van der Waals surface area contributed by atoms with Gasteiger partial charge in [-0.2, -0.15) is 4.98 Å². The lowest BCUT2D eigenvalue weighted by Crippen LogP contribution is -2.28. The number of nitrogens with one attached hydrogen (secondary N) is 1. The Balaban J connectivity index is 1.49. The molecule has 0 saturated carbocycles. The van der Waals surface area contributed by atoms with E-state index in [1.165, 1.54) is 0 Å². The summed E-state index contributed by atoms with van der Waals surface area (Å²) in [6, 6.07) is 7.63. The topological polar surface area (TPSA) is 119 Å². The summed E-state index contributed by atoms with van der Waals surface area (Å²) >= 11 is 3.42. The van der Waals surface area contributed by atoms with Crippen molar-refractivity contribution in [2.24, 2.45) is 0 Å². The second-order valence-electron chi connectivity index (χ2n) is 5.84. The van der Waals surface area contributed by atoms with Crippen molar-refractivity contribution >= 4 is 27.8 Å². The molecule has 1 unspecified atom stereocenters. The minimum Gasteiger partial charge on any atom is -0.367 e. The predicted octanol–water partition coefficient (Wildman–Crippen LogP) is 1.36. The summed E-state index contributed by atoms with van der Waals surface area (Å²) < 4.78 is 2.52. The second kappa shape index (κ2) is 6.28. The highest BCUT2D eigenvalue weighted by atomic mass is 79.9. The van der Waals surface area contributed by atoms with Gasteiger partial charge in [-0.25, -0.2) is 4.68 Å². The molecule has 1 amide bonds. The summed E-state index contributed by atoms with van der Waals surface area (Å²) in [5.74, 6) is 0.896. The average Bonchev–Trinajstić information content (AvgIpc) is 3.34. The first-order valence-corrected chi connectivity index (χ1v) is 8.55. The van der Waals surface area contributed by atoms with E-state index in [-0.39, 0.29) is 17.8 Å². The van der Waals surface area contributed by atoms with Crippen LogP contribution in [0.15, 0.2) is 34.9 Å². The van der Waals surface area contributed by atoms with Crippen LogP contribution in [-0.2, 0) is 0 Å². The zero-order chi connectivity index (χ0) is 17.4. The van der Waals surface area contributed by atoms with Gasteiger partial charge >= 0.3 is 0 Å². The Morgan fingerprint density at radius 3 is 3.04 bits per heavy atom. The highest BCUT2D eigenvalue weighted by Gasteiger charge is 2.31. The Bertz CT molecular complexity index is 920. The summed E-state index contributed by atoms with van der Waals surface area (Å²) in [7, 11) is 0. The summed E-state index contributed by atoms with van der Waals surface area (Å²) in [5.41, 5.74) is 6.69. The van der Waals surface area contributed by atoms with Gasteiger partial charge in [-0.15, -0.1) is 10.2 Å². The molecule has 0 bridgehead atoms. The van der Waals surface area contributed by atoms with Gasteiger partial charge in [0.1, 0.15) is 5.82 Å². The monoisotopic (exact) mass is 402 g/mol. The van der Waals surface area contributed by atoms with E-state index in [4.69, 9.17) is 5.73 Å². The van der Waals surface area contributed by atoms with Gasteiger partial charge in [-0.1, -0.05) is 27.2 Å². The first kappa shape index (κ1) is 15.8. The lowest BCUT2D eigenvalue weighted by Gasteiger charge is -2.13. The maximum absolute atomic E-state index is 12.7. The molecule has 9 nitrogen and oxygen atoms in total. The molecule has 0 radical (unpaired) electrons. The van der Waals surface area contributed by atoms with Crippen molar-refractivity contribution in [1.29, 1.82) is 0 Å². The fourth-order valence-corrected chi connectivity index (χ4v) is 3.29. The van der Waals surface area contributed by atoms with Gasteiger partial charge in [-0.05, 0) is 24.6 Å². The van der Waals surface area contributed by atoms with Crippen LogP contribution < -0.4 is 5.73 Å². The number of hydrogen-bond donors (Lipinski definition) is 2. The van der Waals surface area contributed by atoms with Crippen LogP contribution in [0, 0.1) is 0 Å². The molecule has 1 atom stereocenters. The molecule has 1 aliphatic rings. The lowest BCUT2D eigenvalue weighted by atomic mass is 10.1. The lowest BCUT2D eigenvalue weighted by molar-refractivity contribution is 0.0784. The van der Waals surface area contributed by atoms with Crippen LogP contribution in [0.25, 0.3) is 5.69 Å². The fraction of sp³-hybridized carbons (Fsp3) is 0.267. The number of nitrogen functional groups attached to an aromatic ring is 1. The molecule has 0 spiro atoms. The maximum atomic E-state index is 12.7. The third kappa shape index (κ3) is 3.12. The molecule has 1 aromatic carbocycles. The van der Waals surface area contributed by atoms with Gasteiger partial charge in [0, 0.05) is 23.5 Å². The van der Waals surface area contributed by atoms with Crippen molar-refractivity contribution in [3.05, 3.63) is 46.5 Å².